The molecule has 1 rings (SSSR count). The maximum Gasteiger partial charge on any atom is 0.311 e. The van der Waals surface area contributed by atoms with Crippen LogP contribution in [-0.2, 0) is 14.3 Å². The third-order valence-corrected chi connectivity index (χ3v) is 2.20. The summed E-state index contributed by atoms with van der Waals surface area (Å²) < 4.78 is 10.5. The Morgan fingerprint density at radius 2 is 2.08 bits per heavy atom. The van der Waals surface area contributed by atoms with E-state index in [4.69, 9.17) is 14.6 Å². The summed E-state index contributed by atoms with van der Waals surface area (Å²) >= 11 is 0. The van der Waals surface area contributed by atoms with Gasteiger partial charge in [0.25, 0.3) is 0 Å². The van der Waals surface area contributed by atoms with E-state index in [0.717, 1.165) is 0 Å². The highest BCUT2D eigenvalue weighted by molar-refractivity contribution is 5.71. The highest BCUT2D eigenvalue weighted by Gasteiger charge is 2.43. The number of rotatable bonds is 3. The SMILES string of the molecule is CCC(C(=O)O)C1(C)OCCO1. The van der Waals surface area contributed by atoms with Crippen molar-refractivity contribution in [3.63, 3.8) is 0 Å². The van der Waals surface area contributed by atoms with Crippen LogP contribution >= 0.6 is 0 Å². The van der Waals surface area contributed by atoms with Crippen molar-refractivity contribution in [3.05, 3.63) is 0 Å². The van der Waals surface area contributed by atoms with Gasteiger partial charge in [0, 0.05) is 0 Å². The molecule has 1 aliphatic heterocycles. The number of carbonyl (C=O) groups is 1. The Morgan fingerprint density at radius 3 is 2.42 bits per heavy atom. The lowest BCUT2D eigenvalue weighted by Gasteiger charge is -2.28. The molecule has 0 amide bonds. The van der Waals surface area contributed by atoms with Gasteiger partial charge in [0.1, 0.15) is 5.92 Å². The van der Waals surface area contributed by atoms with Crippen molar-refractivity contribution in [3.8, 4) is 0 Å². The summed E-state index contributed by atoms with van der Waals surface area (Å²) in [6.45, 7) is 4.47. The quantitative estimate of drug-likeness (QED) is 0.689. The zero-order valence-corrected chi connectivity index (χ0v) is 7.37. The maximum atomic E-state index is 10.8. The molecule has 70 valence electrons. The van der Waals surface area contributed by atoms with E-state index in [-0.39, 0.29) is 0 Å². The van der Waals surface area contributed by atoms with Crippen LogP contribution in [0.3, 0.4) is 0 Å². The van der Waals surface area contributed by atoms with Gasteiger partial charge in [-0.2, -0.15) is 0 Å². The van der Waals surface area contributed by atoms with Crippen LogP contribution in [0.5, 0.6) is 0 Å². The van der Waals surface area contributed by atoms with Crippen LogP contribution in [0.4, 0.5) is 0 Å². The Morgan fingerprint density at radius 1 is 1.58 bits per heavy atom. The molecule has 0 spiro atoms. The molecule has 4 nitrogen and oxygen atoms in total. The molecule has 1 N–H and O–H groups in total. The molecule has 0 aliphatic carbocycles. The summed E-state index contributed by atoms with van der Waals surface area (Å²) in [4.78, 5) is 10.8. The van der Waals surface area contributed by atoms with Crippen molar-refractivity contribution >= 4 is 5.97 Å². The topological polar surface area (TPSA) is 55.8 Å². The fourth-order valence-corrected chi connectivity index (χ4v) is 1.50. The predicted molar refractivity (Wildman–Crippen MR) is 41.7 cm³/mol. The molecule has 1 aliphatic rings. The van der Waals surface area contributed by atoms with Crippen LogP contribution < -0.4 is 0 Å². The van der Waals surface area contributed by atoms with Crippen LogP contribution in [0.2, 0.25) is 0 Å². The van der Waals surface area contributed by atoms with Gasteiger partial charge in [-0.15, -0.1) is 0 Å². The molecule has 0 aromatic heterocycles. The van der Waals surface area contributed by atoms with Gasteiger partial charge < -0.3 is 14.6 Å². The Bertz CT molecular complexity index is 172. The number of hydrogen-bond donors (Lipinski definition) is 1. The van der Waals surface area contributed by atoms with E-state index in [2.05, 4.69) is 0 Å². The Hall–Kier alpha value is -0.610. The monoisotopic (exact) mass is 174 g/mol. The number of carboxylic acids is 1. The first-order valence-corrected chi connectivity index (χ1v) is 4.11. The molecule has 1 unspecified atom stereocenters. The minimum Gasteiger partial charge on any atom is -0.481 e. The van der Waals surface area contributed by atoms with Gasteiger partial charge in [-0.05, 0) is 13.3 Å². The molecule has 0 aromatic rings. The second-order valence-electron chi connectivity index (χ2n) is 3.01. The molecular weight excluding hydrogens is 160 g/mol. The Balaban J connectivity index is 2.69. The number of carboxylic acid groups (broad SMARTS) is 1. The van der Waals surface area contributed by atoms with Gasteiger partial charge in [0.05, 0.1) is 13.2 Å². The fraction of sp³-hybridized carbons (Fsp3) is 0.875. The summed E-state index contributed by atoms with van der Waals surface area (Å²) in [7, 11) is 0. The van der Waals surface area contributed by atoms with Gasteiger partial charge in [-0.3, -0.25) is 4.79 Å². The lowest BCUT2D eigenvalue weighted by Crippen LogP contribution is -2.40. The molecule has 1 saturated heterocycles. The minimum absolute atomic E-state index is 0.486. The van der Waals surface area contributed by atoms with E-state index in [1.165, 1.54) is 0 Å². The van der Waals surface area contributed by atoms with Crippen LogP contribution in [0.25, 0.3) is 0 Å². The summed E-state index contributed by atoms with van der Waals surface area (Å²) in [6, 6.07) is 0. The molecule has 1 atom stereocenters. The molecule has 0 radical (unpaired) electrons. The first-order valence-electron chi connectivity index (χ1n) is 4.11. The average molecular weight is 174 g/mol. The highest BCUT2D eigenvalue weighted by atomic mass is 16.7. The Kier molecular flexibility index (Phi) is 2.69. The molecule has 0 aromatic carbocycles. The van der Waals surface area contributed by atoms with Crippen molar-refractivity contribution in [2.45, 2.75) is 26.1 Å². The lowest BCUT2D eigenvalue weighted by atomic mass is 9.97. The lowest BCUT2D eigenvalue weighted by molar-refractivity contribution is -0.197. The van der Waals surface area contributed by atoms with Crippen molar-refractivity contribution < 1.29 is 19.4 Å². The average Bonchev–Trinajstić information content (AvgIpc) is 2.37. The van der Waals surface area contributed by atoms with Crippen LogP contribution in [0.15, 0.2) is 0 Å². The van der Waals surface area contributed by atoms with E-state index in [9.17, 15) is 4.79 Å². The highest BCUT2D eigenvalue weighted by Crippen LogP contribution is 2.30. The van der Waals surface area contributed by atoms with E-state index in [1.807, 2.05) is 6.92 Å². The fourth-order valence-electron chi connectivity index (χ4n) is 1.50. The van der Waals surface area contributed by atoms with Crippen molar-refractivity contribution in [2.75, 3.05) is 13.2 Å². The summed E-state index contributed by atoms with van der Waals surface area (Å²) in [5.41, 5.74) is 0. The third kappa shape index (κ3) is 1.59. The van der Waals surface area contributed by atoms with Gasteiger partial charge in [-0.1, -0.05) is 6.92 Å². The summed E-state index contributed by atoms with van der Waals surface area (Å²) in [5.74, 6) is -2.34. The smallest absolute Gasteiger partial charge is 0.311 e. The zero-order valence-electron chi connectivity index (χ0n) is 7.37. The molecular formula is C8H14O4. The summed E-state index contributed by atoms with van der Waals surface area (Å²) in [5, 5.41) is 8.84. The summed E-state index contributed by atoms with van der Waals surface area (Å²) in [6.07, 6.45) is 0.520. The van der Waals surface area contributed by atoms with E-state index < -0.39 is 17.7 Å². The Labute approximate surface area is 71.5 Å². The van der Waals surface area contributed by atoms with Crippen LogP contribution in [0, 0.1) is 5.92 Å². The standard InChI is InChI=1S/C8H14O4/c1-3-6(7(9)10)8(2)11-4-5-12-8/h6H,3-5H2,1-2H3,(H,9,10). The van der Waals surface area contributed by atoms with Gasteiger partial charge in [-0.25, -0.2) is 0 Å². The van der Waals surface area contributed by atoms with Gasteiger partial charge >= 0.3 is 5.97 Å². The largest absolute Gasteiger partial charge is 0.481 e. The number of hydrogen-bond acceptors (Lipinski definition) is 3. The molecule has 0 saturated carbocycles. The number of aliphatic carboxylic acids is 1. The zero-order chi connectivity index (χ0) is 9.19. The van der Waals surface area contributed by atoms with E-state index >= 15 is 0 Å². The first-order chi connectivity index (χ1) is 5.60. The molecule has 4 heteroatoms. The van der Waals surface area contributed by atoms with Crippen molar-refractivity contribution in [2.24, 2.45) is 5.92 Å². The van der Waals surface area contributed by atoms with Crippen molar-refractivity contribution in [1.82, 2.24) is 0 Å². The third-order valence-electron chi connectivity index (χ3n) is 2.20. The van der Waals surface area contributed by atoms with Gasteiger partial charge in [0.15, 0.2) is 5.79 Å². The van der Waals surface area contributed by atoms with Crippen LogP contribution in [0.1, 0.15) is 20.3 Å². The molecule has 1 fully saturated rings. The first kappa shape index (κ1) is 9.48. The number of ether oxygens (including phenoxy) is 2. The second kappa shape index (κ2) is 3.41. The van der Waals surface area contributed by atoms with E-state index in [0.29, 0.717) is 19.6 Å². The van der Waals surface area contributed by atoms with E-state index in [1.54, 1.807) is 6.92 Å². The second-order valence-corrected chi connectivity index (χ2v) is 3.01. The predicted octanol–water partition coefficient (Wildman–Crippen LogP) is 0.860. The maximum absolute atomic E-state index is 10.8. The van der Waals surface area contributed by atoms with Crippen molar-refractivity contribution in [1.29, 1.82) is 0 Å². The van der Waals surface area contributed by atoms with Gasteiger partial charge in [0.2, 0.25) is 0 Å². The normalized spacial score (nSPS) is 23.8. The van der Waals surface area contributed by atoms with Crippen LogP contribution in [-0.4, -0.2) is 30.1 Å². The molecule has 1 heterocycles. The molecule has 12 heavy (non-hydrogen) atoms. The minimum atomic E-state index is -0.916. The molecule has 0 bridgehead atoms.